The summed E-state index contributed by atoms with van der Waals surface area (Å²) < 4.78 is 12.2. The zero-order chi connectivity index (χ0) is 24.7. The van der Waals surface area contributed by atoms with Gasteiger partial charge in [0, 0.05) is 37.2 Å². The molecule has 0 aromatic rings. The van der Waals surface area contributed by atoms with Gasteiger partial charge >= 0.3 is 0 Å². The Kier molecular flexibility index (Phi) is 16.2. The SMILES string of the molecule is C=C1CC(C)CC(CC)(SSCCC(=O)NCCCOC(CC)C(OC)C(C)CCCC)C1. The van der Waals surface area contributed by atoms with Gasteiger partial charge < -0.3 is 14.8 Å². The second-order valence-electron chi connectivity index (χ2n) is 9.97. The van der Waals surface area contributed by atoms with Gasteiger partial charge in [0.25, 0.3) is 0 Å². The van der Waals surface area contributed by atoms with E-state index in [1.165, 1.54) is 44.1 Å². The average molecular weight is 502 g/mol. The summed E-state index contributed by atoms with van der Waals surface area (Å²) >= 11 is 0. The quantitative estimate of drug-likeness (QED) is 0.120. The van der Waals surface area contributed by atoms with Crippen molar-refractivity contribution in [2.45, 2.75) is 116 Å². The molecule has 0 spiro atoms. The number of methoxy groups -OCH3 is 1. The topological polar surface area (TPSA) is 47.6 Å². The van der Waals surface area contributed by atoms with Gasteiger partial charge in [0.2, 0.25) is 5.91 Å². The Morgan fingerprint density at radius 1 is 1.30 bits per heavy atom. The van der Waals surface area contributed by atoms with Crippen LogP contribution in [0, 0.1) is 11.8 Å². The highest BCUT2D eigenvalue weighted by Gasteiger charge is 2.35. The number of nitrogens with one attached hydrogen (secondary N) is 1. The molecule has 0 saturated heterocycles. The van der Waals surface area contributed by atoms with Crippen LogP contribution in [0.25, 0.3) is 0 Å². The first-order chi connectivity index (χ1) is 15.8. The summed E-state index contributed by atoms with van der Waals surface area (Å²) in [6, 6.07) is 0. The van der Waals surface area contributed by atoms with E-state index in [4.69, 9.17) is 9.47 Å². The van der Waals surface area contributed by atoms with Crippen LogP contribution in [0.3, 0.4) is 0 Å². The molecule has 1 aliphatic carbocycles. The third-order valence-corrected chi connectivity index (χ3v) is 10.2. The molecule has 0 aromatic heterocycles. The Morgan fingerprint density at radius 2 is 2.06 bits per heavy atom. The molecule has 1 saturated carbocycles. The fourth-order valence-electron chi connectivity index (χ4n) is 5.00. The van der Waals surface area contributed by atoms with Crippen molar-refractivity contribution in [3.05, 3.63) is 12.2 Å². The molecule has 1 amide bonds. The number of amides is 1. The monoisotopic (exact) mass is 501 g/mol. The lowest BCUT2D eigenvalue weighted by Crippen LogP contribution is -2.36. The van der Waals surface area contributed by atoms with E-state index < -0.39 is 0 Å². The fourth-order valence-corrected chi connectivity index (χ4v) is 8.32. The van der Waals surface area contributed by atoms with Crippen LogP contribution in [-0.2, 0) is 14.3 Å². The zero-order valence-corrected chi connectivity index (χ0v) is 23.9. The second kappa shape index (κ2) is 17.3. The lowest BCUT2D eigenvalue weighted by Gasteiger charge is -2.39. The minimum atomic E-state index is 0.121. The van der Waals surface area contributed by atoms with E-state index in [0.717, 1.165) is 30.9 Å². The molecule has 0 aliphatic heterocycles. The number of unbranched alkanes of at least 4 members (excludes halogenated alkanes) is 1. The lowest BCUT2D eigenvalue weighted by molar-refractivity contribution is -0.120. The summed E-state index contributed by atoms with van der Waals surface area (Å²) in [6.45, 7) is 16.9. The van der Waals surface area contributed by atoms with Gasteiger partial charge in [-0.05, 0) is 56.8 Å². The first-order valence-electron chi connectivity index (χ1n) is 13.2. The normalized spacial score (nSPS) is 23.8. The number of hydrogen-bond donors (Lipinski definition) is 1. The highest BCUT2D eigenvalue weighted by atomic mass is 33.1. The molecule has 4 nitrogen and oxygen atoms in total. The van der Waals surface area contributed by atoms with E-state index in [9.17, 15) is 4.79 Å². The van der Waals surface area contributed by atoms with E-state index in [2.05, 4.69) is 46.5 Å². The Morgan fingerprint density at radius 3 is 2.67 bits per heavy atom. The van der Waals surface area contributed by atoms with Gasteiger partial charge in [-0.1, -0.05) is 81.2 Å². The molecule has 0 radical (unpaired) electrons. The standard InChI is InChI=1S/C27H51NO3S2/c1-8-11-13-23(6)26(30-7)24(9-2)31-16-12-15-28-25(29)14-17-32-33-27(10-3)19-21(4)18-22(5)20-27/h22-24,26H,4,8-20H2,1-3,5-7H3,(H,28,29). The van der Waals surface area contributed by atoms with Crippen molar-refractivity contribution < 1.29 is 14.3 Å². The van der Waals surface area contributed by atoms with Crippen LogP contribution in [0.2, 0.25) is 0 Å². The van der Waals surface area contributed by atoms with Crippen LogP contribution in [0.15, 0.2) is 12.2 Å². The van der Waals surface area contributed by atoms with Crippen LogP contribution in [0.4, 0.5) is 0 Å². The van der Waals surface area contributed by atoms with Crippen molar-refractivity contribution >= 4 is 27.5 Å². The van der Waals surface area contributed by atoms with Crippen molar-refractivity contribution in [1.82, 2.24) is 5.32 Å². The maximum Gasteiger partial charge on any atom is 0.220 e. The van der Waals surface area contributed by atoms with E-state index in [0.29, 0.717) is 30.2 Å². The van der Waals surface area contributed by atoms with Gasteiger partial charge in [-0.3, -0.25) is 4.79 Å². The summed E-state index contributed by atoms with van der Waals surface area (Å²) in [5.41, 5.74) is 1.39. The summed E-state index contributed by atoms with van der Waals surface area (Å²) in [7, 11) is 5.64. The predicted molar refractivity (Wildman–Crippen MR) is 147 cm³/mol. The Bertz CT molecular complexity index is 559. The Labute approximate surface area is 212 Å². The number of carbonyl (C=O) groups excluding carboxylic acids is 1. The van der Waals surface area contributed by atoms with Gasteiger partial charge in [-0.2, -0.15) is 0 Å². The first-order valence-corrected chi connectivity index (χ1v) is 15.5. The van der Waals surface area contributed by atoms with Gasteiger partial charge in [0.1, 0.15) is 0 Å². The highest BCUT2D eigenvalue weighted by molar-refractivity contribution is 8.77. The smallest absolute Gasteiger partial charge is 0.220 e. The van der Waals surface area contributed by atoms with E-state index in [-0.39, 0.29) is 18.1 Å². The maximum absolute atomic E-state index is 12.2. The minimum absolute atomic E-state index is 0.121. The van der Waals surface area contributed by atoms with Crippen molar-refractivity contribution in [2.24, 2.45) is 11.8 Å². The third-order valence-electron chi connectivity index (χ3n) is 6.81. The first kappa shape index (κ1) is 30.9. The summed E-state index contributed by atoms with van der Waals surface area (Å²) in [5.74, 6) is 2.22. The van der Waals surface area contributed by atoms with Crippen LogP contribution < -0.4 is 5.32 Å². The van der Waals surface area contributed by atoms with E-state index in [1.54, 1.807) is 7.11 Å². The maximum atomic E-state index is 12.2. The predicted octanol–water partition coefficient (Wildman–Crippen LogP) is 7.43. The van der Waals surface area contributed by atoms with E-state index >= 15 is 0 Å². The molecular weight excluding hydrogens is 450 g/mol. The van der Waals surface area contributed by atoms with Gasteiger partial charge in [-0.15, -0.1) is 0 Å². The van der Waals surface area contributed by atoms with Crippen molar-refractivity contribution in [3.8, 4) is 0 Å². The Hall–Kier alpha value is -0.170. The number of rotatable bonds is 18. The highest BCUT2D eigenvalue weighted by Crippen LogP contribution is 2.50. The van der Waals surface area contributed by atoms with Crippen LogP contribution in [0.1, 0.15) is 98.8 Å². The molecule has 1 fully saturated rings. The van der Waals surface area contributed by atoms with Gasteiger partial charge in [0.05, 0.1) is 12.2 Å². The molecule has 1 rings (SSSR count). The molecule has 194 valence electrons. The van der Waals surface area contributed by atoms with Crippen molar-refractivity contribution in [1.29, 1.82) is 0 Å². The molecule has 5 unspecified atom stereocenters. The van der Waals surface area contributed by atoms with Crippen molar-refractivity contribution in [2.75, 3.05) is 26.0 Å². The molecule has 33 heavy (non-hydrogen) atoms. The zero-order valence-electron chi connectivity index (χ0n) is 22.3. The van der Waals surface area contributed by atoms with Gasteiger partial charge in [0.15, 0.2) is 0 Å². The summed E-state index contributed by atoms with van der Waals surface area (Å²) in [5, 5.41) is 3.06. The Balaban J connectivity index is 2.21. The third kappa shape index (κ3) is 11.9. The number of ether oxygens (including phenoxy) is 2. The number of allylic oxidation sites excluding steroid dienone is 1. The van der Waals surface area contributed by atoms with Gasteiger partial charge in [-0.25, -0.2) is 0 Å². The molecule has 5 atom stereocenters. The number of carbonyl (C=O) groups is 1. The average Bonchev–Trinajstić information content (AvgIpc) is 2.78. The minimum Gasteiger partial charge on any atom is -0.378 e. The molecule has 6 heteroatoms. The molecular formula is C27H51NO3S2. The fraction of sp³-hybridized carbons (Fsp3) is 0.889. The molecule has 1 aliphatic rings. The van der Waals surface area contributed by atoms with Crippen LogP contribution in [0.5, 0.6) is 0 Å². The van der Waals surface area contributed by atoms with Crippen molar-refractivity contribution in [3.63, 3.8) is 0 Å². The molecule has 0 bridgehead atoms. The molecule has 1 N–H and O–H groups in total. The summed E-state index contributed by atoms with van der Waals surface area (Å²) in [4.78, 5) is 12.2. The van der Waals surface area contributed by atoms with Crippen LogP contribution in [-0.4, -0.2) is 48.9 Å². The number of hydrogen-bond acceptors (Lipinski definition) is 5. The lowest BCUT2D eigenvalue weighted by atomic mass is 9.78. The summed E-state index contributed by atoms with van der Waals surface area (Å²) in [6.07, 6.45) is 11.0. The van der Waals surface area contributed by atoms with Crippen LogP contribution >= 0.6 is 21.6 Å². The van der Waals surface area contributed by atoms with E-state index in [1.807, 2.05) is 21.6 Å². The molecule has 0 aromatic carbocycles. The largest absolute Gasteiger partial charge is 0.378 e. The molecule has 0 heterocycles. The second-order valence-corrected chi connectivity index (χ2v) is 12.9.